The molecule has 1 unspecified atom stereocenters. The summed E-state index contributed by atoms with van der Waals surface area (Å²) in [5.74, 6) is -0.638. The van der Waals surface area contributed by atoms with Crippen LogP contribution in [0.1, 0.15) is 18.4 Å². The molecule has 190 valence electrons. The second-order valence-corrected chi connectivity index (χ2v) is 12.6. The summed E-state index contributed by atoms with van der Waals surface area (Å²) in [5.41, 5.74) is 0.970. The minimum atomic E-state index is -3.94. The fourth-order valence-electron chi connectivity index (χ4n) is 4.47. The maximum atomic E-state index is 13.4. The Morgan fingerprint density at radius 1 is 0.886 bits per heavy atom. The molecule has 1 N–H and O–H groups in total. The van der Waals surface area contributed by atoms with E-state index in [0.717, 1.165) is 5.56 Å². The van der Waals surface area contributed by atoms with Crippen molar-refractivity contribution in [2.75, 3.05) is 39.4 Å². The number of sulfonamides is 2. The number of hydrogen-bond acceptors (Lipinski definition) is 6. The highest BCUT2D eigenvalue weighted by atomic mass is 32.2. The molecule has 0 spiro atoms. The van der Waals surface area contributed by atoms with Crippen LogP contribution in [0.5, 0.6) is 0 Å². The van der Waals surface area contributed by atoms with Gasteiger partial charge < -0.3 is 9.64 Å². The number of nitrogens with one attached hydrogen (secondary N) is 1. The highest BCUT2D eigenvalue weighted by Crippen LogP contribution is 2.28. The van der Waals surface area contributed by atoms with E-state index in [-0.39, 0.29) is 34.7 Å². The quantitative estimate of drug-likeness (QED) is 0.592. The fourth-order valence-corrected chi connectivity index (χ4v) is 7.22. The van der Waals surface area contributed by atoms with Gasteiger partial charge in [0.1, 0.15) is 6.04 Å². The molecule has 2 saturated heterocycles. The summed E-state index contributed by atoms with van der Waals surface area (Å²) >= 11 is 0. The Morgan fingerprint density at radius 3 is 2.09 bits per heavy atom. The van der Waals surface area contributed by atoms with Gasteiger partial charge in [0.2, 0.25) is 26.0 Å². The maximum Gasteiger partial charge on any atom is 0.243 e. The summed E-state index contributed by atoms with van der Waals surface area (Å²) in [6, 6.07) is 13.7. The molecule has 0 saturated carbocycles. The van der Waals surface area contributed by atoms with E-state index in [2.05, 4.69) is 4.72 Å². The first-order valence-electron chi connectivity index (χ1n) is 11.7. The van der Waals surface area contributed by atoms with Gasteiger partial charge in [0.15, 0.2) is 0 Å². The summed E-state index contributed by atoms with van der Waals surface area (Å²) in [6.07, 6.45) is 0.728. The van der Waals surface area contributed by atoms with Crippen LogP contribution in [0, 0.1) is 12.8 Å². The average Bonchev–Trinajstić information content (AvgIpc) is 2.88. The van der Waals surface area contributed by atoms with Crippen molar-refractivity contribution in [2.24, 2.45) is 5.92 Å². The Bertz CT molecular complexity index is 1220. The molecule has 9 nitrogen and oxygen atoms in total. The summed E-state index contributed by atoms with van der Waals surface area (Å²) in [5, 5.41) is 0. The monoisotopic (exact) mass is 521 g/mol. The predicted molar refractivity (Wildman–Crippen MR) is 131 cm³/mol. The van der Waals surface area contributed by atoms with Crippen molar-refractivity contribution in [3.8, 4) is 0 Å². The van der Waals surface area contributed by atoms with Gasteiger partial charge in [-0.15, -0.1) is 0 Å². The fraction of sp³-hybridized carbons (Fsp3) is 0.458. The number of rotatable bonds is 7. The molecular weight excluding hydrogens is 490 g/mol. The van der Waals surface area contributed by atoms with Crippen LogP contribution in [-0.2, 0) is 29.6 Å². The standard InChI is InChI=1S/C24H31N3O6S2/c1-19-7-9-22(10-8-19)35(31,32)27-13-11-20(12-14-27)23(24(28)26-15-17-33-18-16-26)25-34(29,30)21-5-3-2-4-6-21/h2-10,20,23,25H,11-18H2,1H3. The van der Waals surface area contributed by atoms with Crippen LogP contribution in [0.3, 0.4) is 0 Å². The van der Waals surface area contributed by atoms with Gasteiger partial charge in [-0.2, -0.15) is 9.03 Å². The van der Waals surface area contributed by atoms with E-state index in [4.69, 9.17) is 4.74 Å². The molecule has 2 fully saturated rings. The Balaban J connectivity index is 1.53. The highest BCUT2D eigenvalue weighted by molar-refractivity contribution is 7.89. The number of nitrogens with zero attached hydrogens (tertiary/aromatic N) is 2. The van der Waals surface area contributed by atoms with Gasteiger partial charge in [0.05, 0.1) is 23.0 Å². The normalized spacial score (nSPS) is 19.4. The molecule has 0 aliphatic carbocycles. The van der Waals surface area contributed by atoms with Gasteiger partial charge in [-0.25, -0.2) is 16.8 Å². The molecule has 2 aliphatic rings. The number of hydrogen-bond donors (Lipinski definition) is 1. The van der Waals surface area contributed by atoms with E-state index in [1.165, 1.54) is 16.4 Å². The first kappa shape index (κ1) is 25.8. The van der Waals surface area contributed by atoms with Gasteiger partial charge in [-0.05, 0) is 49.9 Å². The van der Waals surface area contributed by atoms with Gasteiger partial charge in [-0.3, -0.25) is 4.79 Å². The molecule has 2 aliphatic heterocycles. The number of aryl methyl sites for hydroxylation is 1. The van der Waals surface area contributed by atoms with Crippen LogP contribution in [0.2, 0.25) is 0 Å². The lowest BCUT2D eigenvalue weighted by Gasteiger charge is -2.38. The van der Waals surface area contributed by atoms with E-state index < -0.39 is 26.1 Å². The van der Waals surface area contributed by atoms with E-state index >= 15 is 0 Å². The zero-order chi connectivity index (χ0) is 25.1. The van der Waals surface area contributed by atoms with Crippen LogP contribution in [0.25, 0.3) is 0 Å². The third-order valence-electron chi connectivity index (χ3n) is 6.55. The maximum absolute atomic E-state index is 13.4. The molecule has 2 aromatic carbocycles. The number of morpholine rings is 1. The lowest BCUT2D eigenvalue weighted by molar-refractivity contribution is -0.138. The van der Waals surface area contributed by atoms with Crippen LogP contribution in [-0.4, -0.2) is 77.4 Å². The lowest BCUT2D eigenvalue weighted by atomic mass is 9.90. The molecule has 35 heavy (non-hydrogen) atoms. The topological polar surface area (TPSA) is 113 Å². The molecule has 4 rings (SSSR count). The second kappa shape index (κ2) is 10.8. The molecule has 1 amide bonds. The van der Waals surface area contributed by atoms with Crippen molar-refractivity contribution in [3.63, 3.8) is 0 Å². The van der Waals surface area contributed by atoms with Crippen LogP contribution >= 0.6 is 0 Å². The van der Waals surface area contributed by atoms with E-state index in [1.54, 1.807) is 47.4 Å². The minimum absolute atomic E-state index is 0.0826. The summed E-state index contributed by atoms with van der Waals surface area (Å²) in [6.45, 7) is 3.89. The van der Waals surface area contributed by atoms with Crippen LogP contribution in [0.4, 0.5) is 0 Å². The molecule has 11 heteroatoms. The predicted octanol–water partition coefficient (Wildman–Crippen LogP) is 1.60. The third kappa shape index (κ3) is 5.92. The minimum Gasteiger partial charge on any atom is -0.378 e. The van der Waals surface area contributed by atoms with Crippen LogP contribution < -0.4 is 4.72 Å². The zero-order valence-corrected chi connectivity index (χ0v) is 21.3. The summed E-state index contributed by atoms with van der Waals surface area (Å²) in [4.78, 5) is 15.4. The van der Waals surface area contributed by atoms with E-state index in [0.29, 0.717) is 39.1 Å². The Labute approximate surface area is 207 Å². The molecule has 0 aromatic heterocycles. The number of carbonyl (C=O) groups is 1. The highest BCUT2D eigenvalue weighted by Gasteiger charge is 2.39. The zero-order valence-electron chi connectivity index (χ0n) is 19.7. The van der Waals surface area contributed by atoms with Gasteiger partial charge in [0.25, 0.3) is 0 Å². The van der Waals surface area contributed by atoms with Gasteiger partial charge in [-0.1, -0.05) is 35.9 Å². The van der Waals surface area contributed by atoms with Gasteiger partial charge in [0, 0.05) is 26.2 Å². The molecular formula is C24H31N3O6S2. The molecule has 2 heterocycles. The van der Waals surface area contributed by atoms with Crippen molar-refractivity contribution >= 4 is 26.0 Å². The van der Waals surface area contributed by atoms with Crippen molar-refractivity contribution in [2.45, 2.75) is 35.6 Å². The molecule has 2 aromatic rings. The second-order valence-electron chi connectivity index (χ2n) is 8.90. The SMILES string of the molecule is Cc1ccc(S(=O)(=O)N2CCC(C(NS(=O)(=O)c3ccccc3)C(=O)N3CCOCC3)CC2)cc1. The largest absolute Gasteiger partial charge is 0.378 e. The number of carbonyl (C=O) groups excluding carboxylic acids is 1. The first-order valence-corrected chi connectivity index (χ1v) is 14.6. The van der Waals surface area contributed by atoms with Crippen molar-refractivity contribution < 1.29 is 26.4 Å². The van der Waals surface area contributed by atoms with Crippen molar-refractivity contribution in [1.29, 1.82) is 0 Å². The van der Waals surface area contributed by atoms with Gasteiger partial charge >= 0.3 is 0 Å². The third-order valence-corrected chi connectivity index (χ3v) is 9.92. The number of piperidine rings is 1. The number of amides is 1. The van der Waals surface area contributed by atoms with E-state index in [1.807, 2.05) is 6.92 Å². The first-order chi connectivity index (χ1) is 16.7. The summed E-state index contributed by atoms with van der Waals surface area (Å²) < 4.78 is 61.8. The van der Waals surface area contributed by atoms with Crippen molar-refractivity contribution in [1.82, 2.24) is 13.9 Å². The average molecular weight is 522 g/mol. The van der Waals surface area contributed by atoms with E-state index in [9.17, 15) is 21.6 Å². The molecule has 0 bridgehead atoms. The number of benzene rings is 2. The van der Waals surface area contributed by atoms with Crippen molar-refractivity contribution in [3.05, 3.63) is 60.2 Å². The van der Waals surface area contributed by atoms with Crippen LogP contribution in [0.15, 0.2) is 64.4 Å². The smallest absolute Gasteiger partial charge is 0.243 e. The Hall–Kier alpha value is -2.31. The lowest BCUT2D eigenvalue weighted by Crippen LogP contribution is -2.56. The molecule has 0 radical (unpaired) electrons. The molecule has 1 atom stereocenters. The Kier molecular flexibility index (Phi) is 7.92. The summed E-state index contributed by atoms with van der Waals surface area (Å²) in [7, 11) is -7.61. The number of ether oxygens (including phenoxy) is 1. The Morgan fingerprint density at radius 2 is 1.49 bits per heavy atom.